The second kappa shape index (κ2) is 6.58. The van der Waals surface area contributed by atoms with E-state index in [1.165, 1.54) is 32.4 Å². The summed E-state index contributed by atoms with van der Waals surface area (Å²) in [7, 11) is 0. The van der Waals surface area contributed by atoms with Gasteiger partial charge in [-0.15, -0.1) is 0 Å². The number of nitrogens with zero attached hydrogens (tertiary/aromatic N) is 1. The summed E-state index contributed by atoms with van der Waals surface area (Å²) in [6.45, 7) is 7.89. The highest BCUT2D eigenvalue weighted by Crippen LogP contribution is 2.29. The van der Waals surface area contributed by atoms with Gasteiger partial charge in [0.2, 0.25) is 0 Å². The van der Waals surface area contributed by atoms with Gasteiger partial charge >= 0.3 is 0 Å². The summed E-state index contributed by atoms with van der Waals surface area (Å²) in [4.78, 5) is 2.55. The van der Waals surface area contributed by atoms with Crippen molar-refractivity contribution < 1.29 is 5.11 Å². The van der Waals surface area contributed by atoms with Crippen molar-refractivity contribution in [2.45, 2.75) is 51.5 Å². The minimum absolute atomic E-state index is 0.0898. The fourth-order valence-corrected chi connectivity index (χ4v) is 1.99. The Morgan fingerprint density at radius 2 is 2.06 bits per heavy atom. The molecule has 1 saturated carbocycles. The van der Waals surface area contributed by atoms with Crippen molar-refractivity contribution in [3.8, 4) is 0 Å². The summed E-state index contributed by atoms with van der Waals surface area (Å²) < 4.78 is 0. The first-order valence-electron chi connectivity index (χ1n) is 6.69. The monoisotopic (exact) mass is 228 g/mol. The van der Waals surface area contributed by atoms with E-state index in [0.717, 1.165) is 25.3 Å². The zero-order valence-electron chi connectivity index (χ0n) is 10.9. The molecule has 0 saturated heterocycles. The quantitative estimate of drug-likeness (QED) is 0.589. The fraction of sp³-hybridized carbons (Fsp3) is 1.00. The number of aliphatic hydroxyl groups excluding tert-OH is 1. The molecular weight excluding hydrogens is 200 g/mol. The minimum atomic E-state index is -0.381. The second-order valence-electron chi connectivity index (χ2n) is 5.61. The lowest BCUT2D eigenvalue weighted by Crippen LogP contribution is -2.40. The average molecular weight is 228 g/mol. The Labute approximate surface area is 100 Å². The first-order chi connectivity index (χ1) is 7.57. The highest BCUT2D eigenvalue weighted by atomic mass is 16.3. The van der Waals surface area contributed by atoms with Crippen molar-refractivity contribution in [3.05, 3.63) is 0 Å². The van der Waals surface area contributed by atoms with Crippen LogP contribution in [0.25, 0.3) is 0 Å². The predicted octanol–water partition coefficient (Wildman–Crippen LogP) is 1.60. The molecule has 0 heterocycles. The van der Waals surface area contributed by atoms with Crippen molar-refractivity contribution in [2.24, 2.45) is 11.7 Å². The van der Waals surface area contributed by atoms with Crippen LogP contribution in [0.4, 0.5) is 0 Å². The molecule has 0 bridgehead atoms. The van der Waals surface area contributed by atoms with Gasteiger partial charge in [-0.3, -0.25) is 0 Å². The lowest BCUT2D eigenvalue weighted by Gasteiger charge is -2.23. The summed E-state index contributed by atoms with van der Waals surface area (Å²) in [5.74, 6) is 0.983. The van der Waals surface area contributed by atoms with Gasteiger partial charge in [0.25, 0.3) is 0 Å². The summed E-state index contributed by atoms with van der Waals surface area (Å²) >= 11 is 0. The van der Waals surface area contributed by atoms with Crippen LogP contribution >= 0.6 is 0 Å². The number of rotatable bonds is 9. The molecule has 0 aromatic rings. The lowest BCUT2D eigenvalue weighted by atomic mass is 9.97. The predicted molar refractivity (Wildman–Crippen MR) is 68.4 cm³/mol. The van der Waals surface area contributed by atoms with E-state index >= 15 is 0 Å². The third kappa shape index (κ3) is 5.83. The highest BCUT2D eigenvalue weighted by Gasteiger charge is 2.23. The Bertz CT molecular complexity index is 190. The van der Waals surface area contributed by atoms with Crippen LogP contribution in [0.2, 0.25) is 0 Å². The van der Waals surface area contributed by atoms with Crippen molar-refractivity contribution in [3.63, 3.8) is 0 Å². The molecule has 0 aliphatic heterocycles. The van der Waals surface area contributed by atoms with E-state index in [9.17, 15) is 0 Å². The number of aliphatic hydroxyl groups is 1. The second-order valence-corrected chi connectivity index (χ2v) is 5.61. The molecule has 96 valence electrons. The molecule has 0 spiro atoms. The maximum absolute atomic E-state index is 9.04. The first kappa shape index (κ1) is 13.9. The van der Waals surface area contributed by atoms with Crippen LogP contribution in [-0.4, -0.2) is 41.8 Å². The van der Waals surface area contributed by atoms with E-state index < -0.39 is 0 Å². The molecule has 1 unspecified atom stereocenters. The molecule has 16 heavy (non-hydrogen) atoms. The van der Waals surface area contributed by atoms with E-state index in [4.69, 9.17) is 10.8 Å². The normalized spacial score (nSPS) is 20.1. The van der Waals surface area contributed by atoms with Crippen LogP contribution in [0, 0.1) is 5.92 Å². The van der Waals surface area contributed by atoms with Crippen molar-refractivity contribution in [1.82, 2.24) is 4.90 Å². The third-order valence-corrected chi connectivity index (χ3v) is 3.49. The van der Waals surface area contributed by atoms with Crippen LogP contribution in [0.3, 0.4) is 0 Å². The van der Waals surface area contributed by atoms with Gasteiger partial charge in [0.15, 0.2) is 0 Å². The molecule has 0 aromatic heterocycles. The smallest absolute Gasteiger partial charge is 0.0608 e. The summed E-state index contributed by atoms with van der Waals surface area (Å²) in [6, 6.07) is 0. The van der Waals surface area contributed by atoms with Crippen molar-refractivity contribution >= 4 is 0 Å². The third-order valence-electron chi connectivity index (χ3n) is 3.49. The Kier molecular flexibility index (Phi) is 5.73. The Balaban J connectivity index is 2.03. The van der Waals surface area contributed by atoms with E-state index in [2.05, 4.69) is 11.8 Å². The van der Waals surface area contributed by atoms with Gasteiger partial charge in [0.05, 0.1) is 6.61 Å². The molecule has 0 radical (unpaired) electrons. The van der Waals surface area contributed by atoms with Gasteiger partial charge < -0.3 is 15.7 Å². The zero-order valence-corrected chi connectivity index (χ0v) is 10.9. The summed E-state index contributed by atoms with van der Waals surface area (Å²) in [5.41, 5.74) is 5.51. The fourth-order valence-electron chi connectivity index (χ4n) is 1.99. The minimum Gasteiger partial charge on any atom is -0.394 e. The Morgan fingerprint density at radius 1 is 1.38 bits per heavy atom. The molecule has 3 heteroatoms. The average Bonchev–Trinajstić information content (AvgIpc) is 3.06. The number of nitrogens with two attached hydrogens (primary N) is 1. The molecule has 1 atom stereocenters. The molecule has 1 fully saturated rings. The van der Waals surface area contributed by atoms with Crippen LogP contribution < -0.4 is 5.73 Å². The topological polar surface area (TPSA) is 49.5 Å². The van der Waals surface area contributed by atoms with Crippen LogP contribution in [0.1, 0.15) is 46.0 Å². The van der Waals surface area contributed by atoms with Gasteiger partial charge in [0, 0.05) is 12.1 Å². The maximum Gasteiger partial charge on any atom is 0.0608 e. The largest absolute Gasteiger partial charge is 0.394 e. The van der Waals surface area contributed by atoms with Crippen molar-refractivity contribution in [1.29, 1.82) is 0 Å². The molecule has 1 aliphatic rings. The highest BCUT2D eigenvalue weighted by molar-refractivity contribution is 4.78. The van der Waals surface area contributed by atoms with E-state index in [0.29, 0.717) is 0 Å². The molecule has 1 rings (SSSR count). The lowest BCUT2D eigenvalue weighted by molar-refractivity contribution is 0.193. The van der Waals surface area contributed by atoms with Gasteiger partial charge in [0.1, 0.15) is 0 Å². The van der Waals surface area contributed by atoms with E-state index in [-0.39, 0.29) is 12.1 Å². The van der Waals surface area contributed by atoms with Crippen molar-refractivity contribution in [2.75, 3.05) is 26.2 Å². The molecule has 0 amide bonds. The molecule has 3 nitrogen and oxygen atoms in total. The molecule has 3 N–H and O–H groups in total. The Hall–Kier alpha value is -0.120. The van der Waals surface area contributed by atoms with Gasteiger partial charge in [-0.05, 0) is 51.6 Å². The van der Waals surface area contributed by atoms with Crippen LogP contribution in [-0.2, 0) is 0 Å². The summed E-state index contributed by atoms with van der Waals surface area (Å²) in [6.07, 6.45) is 6.11. The van der Waals surface area contributed by atoms with E-state index in [1.807, 2.05) is 6.92 Å². The molecule has 1 aliphatic carbocycles. The van der Waals surface area contributed by atoms with Gasteiger partial charge in [-0.2, -0.15) is 0 Å². The van der Waals surface area contributed by atoms with E-state index in [1.54, 1.807) is 0 Å². The number of unbranched alkanes of at least 4 members (excludes halogenated alkanes) is 1. The van der Waals surface area contributed by atoms with Gasteiger partial charge in [-0.25, -0.2) is 0 Å². The number of hydrogen-bond acceptors (Lipinski definition) is 3. The maximum atomic E-state index is 9.04. The first-order valence-corrected chi connectivity index (χ1v) is 6.69. The number of hydrogen-bond donors (Lipinski definition) is 2. The SMILES string of the molecule is CCN(CCCCC(C)(N)CO)CC1CC1. The zero-order chi connectivity index (χ0) is 12.0. The molecular formula is C13H28N2O. The summed E-state index contributed by atoms with van der Waals surface area (Å²) in [5, 5.41) is 9.04. The van der Waals surface area contributed by atoms with Crippen LogP contribution in [0.15, 0.2) is 0 Å². The van der Waals surface area contributed by atoms with Crippen LogP contribution in [0.5, 0.6) is 0 Å². The molecule has 0 aromatic carbocycles. The van der Waals surface area contributed by atoms with Gasteiger partial charge in [-0.1, -0.05) is 13.3 Å². The standard InChI is InChI=1S/C13H28N2O/c1-3-15(10-12-6-7-12)9-5-4-8-13(2,14)11-16/h12,16H,3-11,14H2,1-2H3. The Morgan fingerprint density at radius 3 is 2.56 bits per heavy atom.